The Morgan fingerprint density at radius 3 is 1.84 bits per heavy atom. The molecule has 8 heteroatoms. The van der Waals surface area contributed by atoms with Gasteiger partial charge in [0.2, 0.25) is 11.8 Å². The van der Waals surface area contributed by atoms with Crippen LogP contribution in [0, 0.1) is 0 Å². The third kappa shape index (κ3) is 5.82. The van der Waals surface area contributed by atoms with Gasteiger partial charge in [-0.25, -0.2) is 0 Å². The van der Waals surface area contributed by atoms with Crippen molar-refractivity contribution < 1.29 is 18.3 Å². The van der Waals surface area contributed by atoms with Crippen molar-refractivity contribution in [2.45, 2.75) is 39.9 Å². The number of aromatic nitrogens is 2. The molecule has 0 unspecified atom stereocenters. The van der Waals surface area contributed by atoms with Crippen LogP contribution < -0.4 is 9.26 Å². The molecule has 0 aliphatic rings. The van der Waals surface area contributed by atoms with Crippen LogP contribution >= 0.6 is 6.72 Å². The van der Waals surface area contributed by atoms with E-state index in [4.69, 9.17) is 30.1 Å². The molecule has 0 saturated heterocycles. The standard InChI is InChI=1S/C11H19N2O4PS/c1-8(2)15-18(19,16-9(3)4)17-11-7-6-10(14-5)12-13-11/h6-9H,1-5H3. The SMILES string of the molecule is COc1ccc(OP(=S)(OC(C)C)OC(C)C)nn1. The number of rotatable bonds is 7. The van der Waals surface area contributed by atoms with Gasteiger partial charge in [-0.2, -0.15) is 0 Å². The molecule has 0 aliphatic heterocycles. The van der Waals surface area contributed by atoms with Gasteiger partial charge in [0.15, 0.2) is 0 Å². The van der Waals surface area contributed by atoms with Gasteiger partial charge in [-0.15, -0.1) is 10.2 Å². The maximum atomic E-state index is 5.59. The van der Waals surface area contributed by atoms with Crippen molar-refractivity contribution in [1.82, 2.24) is 10.2 Å². The van der Waals surface area contributed by atoms with E-state index in [-0.39, 0.29) is 18.1 Å². The fourth-order valence-corrected chi connectivity index (χ4v) is 3.92. The van der Waals surface area contributed by atoms with Gasteiger partial charge in [0.1, 0.15) is 0 Å². The monoisotopic (exact) mass is 306 g/mol. The number of nitrogens with zero attached hydrogens (tertiary/aromatic N) is 2. The van der Waals surface area contributed by atoms with Gasteiger partial charge in [-0.05, 0) is 27.7 Å². The van der Waals surface area contributed by atoms with Gasteiger partial charge in [-0.1, -0.05) is 0 Å². The Labute approximate surface area is 118 Å². The average molecular weight is 306 g/mol. The van der Waals surface area contributed by atoms with Crippen LogP contribution in [0.25, 0.3) is 0 Å². The van der Waals surface area contributed by atoms with Gasteiger partial charge in [0.25, 0.3) is 0 Å². The molecule has 0 N–H and O–H groups in total. The molecule has 0 saturated carbocycles. The van der Waals surface area contributed by atoms with Gasteiger partial charge in [0, 0.05) is 23.9 Å². The van der Waals surface area contributed by atoms with Gasteiger partial charge >= 0.3 is 6.72 Å². The molecule has 0 bridgehead atoms. The second kappa shape index (κ2) is 7.14. The van der Waals surface area contributed by atoms with E-state index in [0.29, 0.717) is 5.88 Å². The van der Waals surface area contributed by atoms with E-state index in [1.807, 2.05) is 27.7 Å². The van der Waals surface area contributed by atoms with E-state index in [0.717, 1.165) is 0 Å². The molecule has 0 aromatic carbocycles. The molecule has 1 aromatic rings. The minimum absolute atomic E-state index is 0.101. The number of ether oxygens (including phenoxy) is 1. The van der Waals surface area contributed by atoms with Crippen LogP contribution in [0.15, 0.2) is 12.1 Å². The van der Waals surface area contributed by atoms with Crippen molar-refractivity contribution in [1.29, 1.82) is 0 Å². The summed E-state index contributed by atoms with van der Waals surface area (Å²) in [6.07, 6.45) is -0.202. The number of methoxy groups -OCH3 is 1. The van der Waals surface area contributed by atoms with Crippen molar-refractivity contribution in [2.24, 2.45) is 0 Å². The molecular formula is C11H19N2O4PS. The lowest BCUT2D eigenvalue weighted by atomic mass is 10.5. The van der Waals surface area contributed by atoms with E-state index in [2.05, 4.69) is 10.2 Å². The van der Waals surface area contributed by atoms with Crippen LogP contribution in [0.1, 0.15) is 27.7 Å². The van der Waals surface area contributed by atoms with Crippen molar-refractivity contribution in [3.05, 3.63) is 12.1 Å². The second-order valence-electron chi connectivity index (χ2n) is 4.26. The maximum absolute atomic E-state index is 5.59. The Kier molecular flexibility index (Phi) is 6.13. The predicted molar refractivity (Wildman–Crippen MR) is 75.9 cm³/mol. The summed E-state index contributed by atoms with van der Waals surface area (Å²) in [6, 6.07) is 3.24. The lowest BCUT2D eigenvalue weighted by Gasteiger charge is -2.25. The van der Waals surface area contributed by atoms with Crippen molar-refractivity contribution in [3.8, 4) is 11.8 Å². The summed E-state index contributed by atoms with van der Waals surface area (Å²) in [7, 11) is 1.51. The van der Waals surface area contributed by atoms with Gasteiger partial charge < -0.3 is 9.26 Å². The fraction of sp³-hybridized carbons (Fsp3) is 0.636. The van der Waals surface area contributed by atoms with Crippen LogP contribution in [-0.4, -0.2) is 29.5 Å². The lowest BCUT2D eigenvalue weighted by molar-refractivity contribution is 0.139. The normalized spacial score (nSPS) is 11.9. The van der Waals surface area contributed by atoms with E-state index >= 15 is 0 Å². The van der Waals surface area contributed by atoms with Crippen LogP contribution in [0.4, 0.5) is 0 Å². The third-order valence-corrected chi connectivity index (χ3v) is 4.22. The van der Waals surface area contributed by atoms with Crippen molar-refractivity contribution in [2.75, 3.05) is 7.11 Å². The van der Waals surface area contributed by atoms with E-state index in [1.165, 1.54) is 7.11 Å². The van der Waals surface area contributed by atoms with Gasteiger partial charge in [0.05, 0.1) is 19.3 Å². The molecule has 19 heavy (non-hydrogen) atoms. The zero-order valence-electron chi connectivity index (χ0n) is 11.7. The number of hydrogen-bond acceptors (Lipinski definition) is 7. The van der Waals surface area contributed by atoms with Crippen LogP contribution in [0.5, 0.6) is 11.8 Å². The molecule has 1 heterocycles. The van der Waals surface area contributed by atoms with Gasteiger partial charge in [-0.3, -0.25) is 9.05 Å². The summed E-state index contributed by atoms with van der Waals surface area (Å²) in [5.74, 6) is 0.653. The summed E-state index contributed by atoms with van der Waals surface area (Å²) in [5.41, 5.74) is 0. The van der Waals surface area contributed by atoms with Crippen LogP contribution in [0.2, 0.25) is 0 Å². The largest absolute Gasteiger partial charge is 0.480 e. The first-order valence-electron chi connectivity index (χ1n) is 5.89. The Bertz CT molecular complexity index is 425. The zero-order valence-corrected chi connectivity index (χ0v) is 13.4. The van der Waals surface area contributed by atoms with E-state index < -0.39 is 6.72 Å². The van der Waals surface area contributed by atoms with E-state index in [9.17, 15) is 0 Å². The van der Waals surface area contributed by atoms with Crippen molar-refractivity contribution in [3.63, 3.8) is 0 Å². The minimum Gasteiger partial charge on any atom is -0.480 e. The molecule has 0 amide bonds. The third-order valence-electron chi connectivity index (χ3n) is 1.71. The minimum atomic E-state index is -2.89. The first kappa shape index (κ1) is 16.3. The summed E-state index contributed by atoms with van der Waals surface area (Å²) in [4.78, 5) is 0. The topological polar surface area (TPSA) is 62.7 Å². The molecule has 6 nitrogen and oxygen atoms in total. The highest BCUT2D eigenvalue weighted by molar-refractivity contribution is 8.07. The van der Waals surface area contributed by atoms with E-state index in [1.54, 1.807) is 12.1 Å². The van der Waals surface area contributed by atoms with Crippen LogP contribution in [-0.2, 0) is 20.9 Å². The Morgan fingerprint density at radius 1 is 1.00 bits per heavy atom. The Morgan fingerprint density at radius 2 is 1.47 bits per heavy atom. The summed E-state index contributed by atoms with van der Waals surface area (Å²) >= 11 is 5.34. The average Bonchev–Trinajstić information content (AvgIpc) is 2.27. The highest BCUT2D eigenvalue weighted by atomic mass is 32.5. The number of hydrogen-bond donors (Lipinski definition) is 0. The quantitative estimate of drug-likeness (QED) is 0.718. The summed E-state index contributed by atoms with van der Waals surface area (Å²) in [6.45, 7) is 4.59. The highest BCUT2D eigenvalue weighted by Gasteiger charge is 2.26. The molecule has 0 aliphatic carbocycles. The molecule has 1 rings (SSSR count). The summed E-state index contributed by atoms with van der Waals surface area (Å²) < 4.78 is 21.7. The first-order valence-corrected chi connectivity index (χ1v) is 8.44. The smallest absolute Gasteiger partial charge is 0.382 e. The van der Waals surface area contributed by atoms with Crippen LogP contribution in [0.3, 0.4) is 0 Å². The molecule has 0 atom stereocenters. The van der Waals surface area contributed by atoms with Crippen molar-refractivity contribution >= 4 is 18.5 Å². The second-order valence-corrected chi connectivity index (χ2v) is 7.10. The predicted octanol–water partition coefficient (Wildman–Crippen LogP) is 2.94. The Hall–Kier alpha value is -0.750. The molecule has 1 aromatic heterocycles. The summed E-state index contributed by atoms with van der Waals surface area (Å²) in [5, 5.41) is 7.66. The molecule has 0 radical (unpaired) electrons. The Balaban J connectivity index is 2.83. The maximum Gasteiger partial charge on any atom is 0.382 e. The fourth-order valence-electron chi connectivity index (χ4n) is 1.16. The molecule has 0 spiro atoms. The first-order chi connectivity index (χ1) is 8.84. The highest BCUT2D eigenvalue weighted by Crippen LogP contribution is 2.51. The molecular weight excluding hydrogens is 287 g/mol. The molecule has 0 fully saturated rings. The lowest BCUT2D eigenvalue weighted by Crippen LogP contribution is -2.12. The molecule has 108 valence electrons. The zero-order chi connectivity index (χ0) is 14.5.